The maximum Gasteiger partial charge on any atom is 0.261 e. The van der Waals surface area contributed by atoms with Gasteiger partial charge >= 0.3 is 0 Å². The van der Waals surface area contributed by atoms with Gasteiger partial charge in [0.15, 0.2) is 0 Å². The standard InChI is InChI=1S/C16H24N4O2S/c1-6-11(7-22-5)20-14-12-10(4)13(15(21)19-9(2)3)23-16(12)18-8-17-14/h8-9,11H,6-7H2,1-5H3,(H,19,21)(H,17,18,20)/t11-/m1/s1. The number of ether oxygens (including phenoxy) is 1. The molecule has 2 aromatic heterocycles. The number of methoxy groups -OCH3 is 1. The molecule has 0 fully saturated rings. The van der Waals surface area contributed by atoms with Gasteiger partial charge in [-0.05, 0) is 32.8 Å². The number of amides is 1. The number of carbonyl (C=O) groups is 1. The molecule has 2 heterocycles. The molecular weight excluding hydrogens is 312 g/mol. The van der Waals surface area contributed by atoms with Crippen molar-refractivity contribution in [3.63, 3.8) is 0 Å². The first-order valence-electron chi connectivity index (χ1n) is 7.78. The number of fused-ring (bicyclic) bond motifs is 1. The Kier molecular flexibility index (Phi) is 5.90. The summed E-state index contributed by atoms with van der Waals surface area (Å²) in [4.78, 5) is 22.5. The van der Waals surface area contributed by atoms with E-state index in [-0.39, 0.29) is 18.0 Å². The van der Waals surface area contributed by atoms with Gasteiger partial charge in [0, 0.05) is 13.2 Å². The molecule has 1 amide bonds. The molecule has 0 saturated heterocycles. The largest absolute Gasteiger partial charge is 0.383 e. The van der Waals surface area contributed by atoms with Crippen LogP contribution in [0.5, 0.6) is 0 Å². The third-order valence-corrected chi connectivity index (χ3v) is 4.75. The van der Waals surface area contributed by atoms with Crippen LogP contribution in [0.3, 0.4) is 0 Å². The number of hydrogen-bond acceptors (Lipinski definition) is 6. The van der Waals surface area contributed by atoms with E-state index in [1.54, 1.807) is 7.11 Å². The van der Waals surface area contributed by atoms with Crippen LogP contribution in [0.15, 0.2) is 6.33 Å². The molecule has 23 heavy (non-hydrogen) atoms. The van der Waals surface area contributed by atoms with Gasteiger partial charge in [-0.2, -0.15) is 0 Å². The molecule has 0 aliphatic rings. The highest BCUT2D eigenvalue weighted by Crippen LogP contribution is 2.33. The molecule has 2 rings (SSSR count). The second kappa shape index (κ2) is 7.70. The van der Waals surface area contributed by atoms with E-state index < -0.39 is 0 Å². The monoisotopic (exact) mass is 336 g/mol. The zero-order valence-corrected chi connectivity index (χ0v) is 15.1. The highest BCUT2D eigenvalue weighted by atomic mass is 32.1. The molecule has 6 nitrogen and oxygen atoms in total. The van der Waals surface area contributed by atoms with Crippen LogP contribution < -0.4 is 10.6 Å². The fraction of sp³-hybridized carbons (Fsp3) is 0.562. The zero-order chi connectivity index (χ0) is 17.0. The number of rotatable bonds is 7. The molecule has 0 spiro atoms. The summed E-state index contributed by atoms with van der Waals surface area (Å²) in [6, 6.07) is 0.271. The van der Waals surface area contributed by atoms with Gasteiger partial charge in [0.05, 0.1) is 22.9 Å². The number of aryl methyl sites for hydroxylation is 1. The van der Waals surface area contributed by atoms with Crippen LogP contribution in [-0.4, -0.2) is 41.7 Å². The topological polar surface area (TPSA) is 76.1 Å². The van der Waals surface area contributed by atoms with Gasteiger partial charge < -0.3 is 15.4 Å². The maximum atomic E-state index is 12.3. The Hall–Kier alpha value is -1.73. The minimum Gasteiger partial charge on any atom is -0.383 e. The highest BCUT2D eigenvalue weighted by Gasteiger charge is 2.20. The van der Waals surface area contributed by atoms with Crippen molar-refractivity contribution in [2.24, 2.45) is 0 Å². The lowest BCUT2D eigenvalue weighted by Gasteiger charge is -2.17. The van der Waals surface area contributed by atoms with Gasteiger partial charge in [-0.25, -0.2) is 9.97 Å². The molecular formula is C16H24N4O2S. The Morgan fingerprint density at radius 3 is 2.74 bits per heavy atom. The van der Waals surface area contributed by atoms with Crippen molar-refractivity contribution < 1.29 is 9.53 Å². The van der Waals surface area contributed by atoms with Crippen LogP contribution >= 0.6 is 11.3 Å². The Bertz CT molecular complexity index is 684. The molecule has 0 unspecified atom stereocenters. The average molecular weight is 336 g/mol. The second-order valence-electron chi connectivity index (χ2n) is 5.79. The predicted octanol–water partition coefficient (Wildman–Crippen LogP) is 2.97. The first kappa shape index (κ1) is 17.6. The van der Waals surface area contributed by atoms with Gasteiger partial charge in [-0.1, -0.05) is 6.92 Å². The lowest BCUT2D eigenvalue weighted by molar-refractivity contribution is 0.0947. The van der Waals surface area contributed by atoms with Crippen LogP contribution in [-0.2, 0) is 4.74 Å². The van der Waals surface area contributed by atoms with Gasteiger partial charge in [0.1, 0.15) is 17.0 Å². The van der Waals surface area contributed by atoms with E-state index in [1.165, 1.54) is 17.7 Å². The summed E-state index contributed by atoms with van der Waals surface area (Å²) in [5, 5.41) is 7.26. The molecule has 1 atom stereocenters. The molecule has 0 saturated carbocycles. The Labute approximate surface area is 140 Å². The van der Waals surface area contributed by atoms with Crippen molar-refractivity contribution in [2.75, 3.05) is 19.0 Å². The Morgan fingerprint density at radius 2 is 2.13 bits per heavy atom. The summed E-state index contributed by atoms with van der Waals surface area (Å²) < 4.78 is 5.23. The maximum absolute atomic E-state index is 12.3. The van der Waals surface area contributed by atoms with Gasteiger partial charge in [-0.3, -0.25) is 4.79 Å². The zero-order valence-electron chi connectivity index (χ0n) is 14.3. The second-order valence-corrected chi connectivity index (χ2v) is 6.79. The van der Waals surface area contributed by atoms with Crippen LogP contribution in [0.4, 0.5) is 5.82 Å². The summed E-state index contributed by atoms with van der Waals surface area (Å²) in [7, 11) is 1.68. The van der Waals surface area contributed by atoms with E-state index in [0.29, 0.717) is 11.5 Å². The van der Waals surface area contributed by atoms with Crippen molar-refractivity contribution >= 4 is 33.3 Å². The number of hydrogen-bond donors (Lipinski definition) is 2. The fourth-order valence-corrected chi connectivity index (χ4v) is 3.43. The van der Waals surface area contributed by atoms with E-state index in [1.807, 2.05) is 20.8 Å². The number of nitrogens with one attached hydrogen (secondary N) is 2. The lowest BCUT2D eigenvalue weighted by Crippen LogP contribution is -2.29. The molecule has 0 aliphatic carbocycles. The predicted molar refractivity (Wildman–Crippen MR) is 94.3 cm³/mol. The molecule has 0 aromatic carbocycles. The van der Waals surface area contributed by atoms with E-state index in [4.69, 9.17) is 4.74 Å². The van der Waals surface area contributed by atoms with Crippen LogP contribution in [0, 0.1) is 6.92 Å². The number of carbonyl (C=O) groups excluding carboxylic acids is 1. The van der Waals surface area contributed by atoms with E-state index in [0.717, 1.165) is 28.0 Å². The van der Waals surface area contributed by atoms with Gasteiger partial charge in [-0.15, -0.1) is 11.3 Å². The minimum absolute atomic E-state index is 0.0598. The molecule has 2 aromatic rings. The van der Waals surface area contributed by atoms with Crippen molar-refractivity contribution in [3.05, 3.63) is 16.8 Å². The van der Waals surface area contributed by atoms with Crippen molar-refractivity contribution in [1.82, 2.24) is 15.3 Å². The SMILES string of the molecule is CC[C@H](COC)Nc1ncnc2sc(C(=O)NC(C)C)c(C)c12. The molecule has 0 aliphatic heterocycles. The number of anilines is 1. The van der Waals surface area contributed by atoms with Crippen molar-refractivity contribution in [1.29, 1.82) is 0 Å². The third kappa shape index (κ3) is 3.97. The first-order valence-corrected chi connectivity index (χ1v) is 8.60. The molecule has 2 N–H and O–H groups in total. The third-order valence-electron chi connectivity index (χ3n) is 3.55. The van der Waals surface area contributed by atoms with Crippen molar-refractivity contribution in [2.45, 2.75) is 46.2 Å². The van der Waals surface area contributed by atoms with E-state index in [9.17, 15) is 4.79 Å². The van der Waals surface area contributed by atoms with Crippen molar-refractivity contribution in [3.8, 4) is 0 Å². The van der Waals surface area contributed by atoms with Gasteiger partial charge in [0.2, 0.25) is 0 Å². The number of aromatic nitrogens is 2. The molecule has 7 heteroatoms. The molecule has 0 bridgehead atoms. The first-order chi connectivity index (χ1) is 11.0. The highest BCUT2D eigenvalue weighted by molar-refractivity contribution is 7.20. The van der Waals surface area contributed by atoms with Crippen LogP contribution in [0.2, 0.25) is 0 Å². The minimum atomic E-state index is -0.0598. The summed E-state index contributed by atoms with van der Waals surface area (Å²) in [5.74, 6) is 0.701. The van der Waals surface area contributed by atoms with Gasteiger partial charge in [0.25, 0.3) is 5.91 Å². The summed E-state index contributed by atoms with van der Waals surface area (Å²) >= 11 is 1.40. The molecule has 126 valence electrons. The normalized spacial score (nSPS) is 12.6. The van der Waals surface area contributed by atoms with Crippen LogP contribution in [0.25, 0.3) is 10.2 Å². The molecule has 0 radical (unpaired) electrons. The Balaban J connectivity index is 2.40. The summed E-state index contributed by atoms with van der Waals surface area (Å²) in [6.45, 7) is 8.54. The Morgan fingerprint density at radius 1 is 1.39 bits per heavy atom. The van der Waals surface area contributed by atoms with E-state index in [2.05, 4.69) is 27.5 Å². The smallest absolute Gasteiger partial charge is 0.261 e. The van der Waals surface area contributed by atoms with Crippen LogP contribution in [0.1, 0.15) is 42.4 Å². The quantitative estimate of drug-likeness (QED) is 0.813. The average Bonchev–Trinajstić information content (AvgIpc) is 2.84. The summed E-state index contributed by atoms with van der Waals surface area (Å²) in [6.07, 6.45) is 2.45. The number of thiophene rings is 1. The summed E-state index contributed by atoms with van der Waals surface area (Å²) in [5.41, 5.74) is 0.915. The van der Waals surface area contributed by atoms with E-state index >= 15 is 0 Å². The fourth-order valence-electron chi connectivity index (χ4n) is 2.38. The lowest BCUT2D eigenvalue weighted by atomic mass is 10.1. The number of nitrogens with zero attached hydrogens (tertiary/aromatic N) is 2.